The molecular weight excluding hydrogens is 185 g/mol. The highest BCUT2D eigenvalue weighted by Gasteiger charge is 2.26. The van der Waals surface area contributed by atoms with E-state index in [0.717, 1.165) is 0 Å². The monoisotopic (exact) mass is 198 g/mol. The number of amides is 1. The molecule has 0 radical (unpaired) electrons. The van der Waals surface area contributed by atoms with Crippen molar-refractivity contribution in [3.8, 4) is 0 Å². The first kappa shape index (κ1) is 12.2. The van der Waals surface area contributed by atoms with Crippen LogP contribution in [0.1, 0.15) is 13.3 Å². The summed E-state index contributed by atoms with van der Waals surface area (Å²) in [4.78, 5) is 10.5. The molecule has 0 saturated carbocycles. The molecule has 0 aromatic heterocycles. The van der Waals surface area contributed by atoms with Crippen molar-refractivity contribution >= 4 is 5.91 Å². The standard InChI is InChI=1S/C7H13F3N2O/c1-5(6(11)13)4-12-3-2-7(8,9)10/h5,12H,2-4H2,1H3,(H2,11,13). The van der Waals surface area contributed by atoms with E-state index in [0.29, 0.717) is 0 Å². The number of rotatable bonds is 5. The van der Waals surface area contributed by atoms with Gasteiger partial charge in [-0.25, -0.2) is 0 Å². The van der Waals surface area contributed by atoms with Gasteiger partial charge in [0.15, 0.2) is 0 Å². The minimum Gasteiger partial charge on any atom is -0.369 e. The Labute approximate surface area is 74.5 Å². The molecule has 3 nitrogen and oxygen atoms in total. The highest BCUT2D eigenvalue weighted by Crippen LogP contribution is 2.18. The second-order valence-corrected chi connectivity index (χ2v) is 2.87. The average Bonchev–Trinajstić information content (AvgIpc) is 1.95. The molecule has 13 heavy (non-hydrogen) atoms. The lowest BCUT2D eigenvalue weighted by molar-refractivity contribution is -0.133. The number of primary amides is 1. The van der Waals surface area contributed by atoms with Gasteiger partial charge in [0.25, 0.3) is 0 Å². The Morgan fingerprint density at radius 3 is 2.46 bits per heavy atom. The zero-order valence-corrected chi connectivity index (χ0v) is 7.32. The lowest BCUT2D eigenvalue weighted by atomic mass is 10.2. The normalized spacial score (nSPS) is 14.2. The first-order chi connectivity index (χ1) is 5.83. The van der Waals surface area contributed by atoms with Gasteiger partial charge < -0.3 is 11.1 Å². The van der Waals surface area contributed by atoms with Crippen molar-refractivity contribution in [1.82, 2.24) is 5.32 Å². The Bertz CT molecular complexity index is 170. The number of carbonyl (C=O) groups excluding carboxylic acids is 1. The fourth-order valence-corrected chi connectivity index (χ4v) is 0.649. The van der Waals surface area contributed by atoms with Crippen LogP contribution in [0.25, 0.3) is 0 Å². The Balaban J connectivity index is 3.41. The largest absolute Gasteiger partial charge is 0.390 e. The maximum absolute atomic E-state index is 11.6. The molecule has 0 aromatic carbocycles. The van der Waals surface area contributed by atoms with Gasteiger partial charge in [-0.15, -0.1) is 0 Å². The van der Waals surface area contributed by atoms with E-state index in [-0.39, 0.29) is 13.1 Å². The molecular formula is C7H13F3N2O. The molecule has 0 aromatic rings. The van der Waals surface area contributed by atoms with E-state index in [1.165, 1.54) is 0 Å². The molecule has 0 fully saturated rings. The molecule has 0 saturated heterocycles. The maximum Gasteiger partial charge on any atom is 0.390 e. The molecule has 0 aliphatic carbocycles. The number of halogens is 3. The van der Waals surface area contributed by atoms with Crippen molar-refractivity contribution in [2.24, 2.45) is 11.7 Å². The first-order valence-electron chi connectivity index (χ1n) is 3.89. The van der Waals surface area contributed by atoms with Crippen LogP contribution in [0.3, 0.4) is 0 Å². The van der Waals surface area contributed by atoms with Gasteiger partial charge in [-0.3, -0.25) is 4.79 Å². The van der Waals surface area contributed by atoms with E-state index in [1.54, 1.807) is 6.92 Å². The molecule has 1 amide bonds. The summed E-state index contributed by atoms with van der Waals surface area (Å²) in [7, 11) is 0. The van der Waals surface area contributed by atoms with Gasteiger partial charge >= 0.3 is 6.18 Å². The number of hydrogen-bond donors (Lipinski definition) is 2. The van der Waals surface area contributed by atoms with E-state index in [2.05, 4.69) is 5.32 Å². The predicted octanol–water partition coefficient (Wildman–Crippen LogP) is 0.650. The second kappa shape index (κ2) is 5.06. The number of nitrogens with one attached hydrogen (secondary N) is 1. The summed E-state index contributed by atoms with van der Waals surface area (Å²) in [6, 6.07) is 0. The molecule has 6 heteroatoms. The van der Waals surface area contributed by atoms with Crippen molar-refractivity contribution in [2.75, 3.05) is 13.1 Å². The summed E-state index contributed by atoms with van der Waals surface area (Å²) in [5, 5.41) is 2.50. The Morgan fingerprint density at radius 1 is 1.54 bits per heavy atom. The summed E-state index contributed by atoms with van der Waals surface area (Å²) in [6.07, 6.45) is -5.04. The number of carbonyl (C=O) groups is 1. The van der Waals surface area contributed by atoms with Crippen molar-refractivity contribution in [3.63, 3.8) is 0 Å². The summed E-state index contributed by atoms with van der Waals surface area (Å²) in [5.41, 5.74) is 4.90. The molecule has 0 aliphatic heterocycles. The van der Waals surface area contributed by atoms with Gasteiger partial charge in [0.05, 0.1) is 6.42 Å². The zero-order chi connectivity index (χ0) is 10.5. The molecule has 0 aliphatic rings. The number of nitrogens with two attached hydrogens (primary N) is 1. The summed E-state index contributed by atoms with van der Waals surface area (Å²) in [6.45, 7) is 1.56. The van der Waals surface area contributed by atoms with Gasteiger partial charge in [0.2, 0.25) is 5.91 Å². The van der Waals surface area contributed by atoms with Crippen LogP contribution in [-0.4, -0.2) is 25.2 Å². The van der Waals surface area contributed by atoms with Crippen LogP contribution in [0, 0.1) is 5.92 Å². The van der Waals surface area contributed by atoms with Crippen LogP contribution in [0.15, 0.2) is 0 Å². The number of alkyl halides is 3. The lowest BCUT2D eigenvalue weighted by Crippen LogP contribution is -2.32. The SMILES string of the molecule is CC(CNCCC(F)(F)F)C(N)=O. The Morgan fingerprint density at radius 2 is 2.08 bits per heavy atom. The van der Waals surface area contributed by atoms with E-state index in [1.807, 2.05) is 0 Å². The van der Waals surface area contributed by atoms with Crippen LogP contribution >= 0.6 is 0 Å². The molecule has 0 heterocycles. The molecule has 1 unspecified atom stereocenters. The van der Waals surface area contributed by atoms with Gasteiger partial charge in [-0.05, 0) is 0 Å². The van der Waals surface area contributed by atoms with Gasteiger partial charge in [-0.2, -0.15) is 13.2 Å². The van der Waals surface area contributed by atoms with Crippen molar-refractivity contribution in [2.45, 2.75) is 19.5 Å². The summed E-state index contributed by atoms with van der Waals surface area (Å²) >= 11 is 0. The second-order valence-electron chi connectivity index (χ2n) is 2.87. The van der Waals surface area contributed by atoms with Crippen LogP contribution in [0.5, 0.6) is 0 Å². The van der Waals surface area contributed by atoms with E-state index < -0.39 is 24.4 Å². The molecule has 0 spiro atoms. The molecule has 3 N–H and O–H groups in total. The summed E-state index contributed by atoms with van der Waals surface area (Å²) < 4.78 is 34.8. The van der Waals surface area contributed by atoms with Crippen molar-refractivity contribution < 1.29 is 18.0 Å². The molecule has 0 rings (SSSR count). The Kier molecular flexibility index (Phi) is 4.76. The van der Waals surface area contributed by atoms with Gasteiger partial charge in [-0.1, -0.05) is 6.92 Å². The zero-order valence-electron chi connectivity index (χ0n) is 7.32. The smallest absolute Gasteiger partial charge is 0.369 e. The van der Waals surface area contributed by atoms with Gasteiger partial charge in [0.1, 0.15) is 0 Å². The fourth-order valence-electron chi connectivity index (χ4n) is 0.649. The summed E-state index contributed by atoms with van der Waals surface area (Å²) in [5.74, 6) is -0.951. The van der Waals surface area contributed by atoms with E-state index in [9.17, 15) is 18.0 Å². The van der Waals surface area contributed by atoms with Gasteiger partial charge in [0, 0.05) is 19.0 Å². The average molecular weight is 198 g/mol. The lowest BCUT2D eigenvalue weighted by Gasteiger charge is -2.10. The molecule has 78 valence electrons. The third kappa shape index (κ3) is 7.58. The minimum absolute atomic E-state index is 0.179. The van der Waals surface area contributed by atoms with Crippen molar-refractivity contribution in [1.29, 1.82) is 0 Å². The third-order valence-electron chi connectivity index (χ3n) is 1.52. The third-order valence-corrected chi connectivity index (χ3v) is 1.52. The Hall–Kier alpha value is -0.780. The highest BCUT2D eigenvalue weighted by atomic mass is 19.4. The van der Waals surface area contributed by atoms with E-state index >= 15 is 0 Å². The predicted molar refractivity (Wildman–Crippen MR) is 41.9 cm³/mol. The van der Waals surface area contributed by atoms with Crippen LogP contribution < -0.4 is 11.1 Å². The maximum atomic E-state index is 11.6. The number of hydrogen-bond acceptors (Lipinski definition) is 2. The van der Waals surface area contributed by atoms with Crippen LogP contribution in [-0.2, 0) is 4.79 Å². The topological polar surface area (TPSA) is 55.1 Å². The first-order valence-corrected chi connectivity index (χ1v) is 3.89. The molecule has 1 atom stereocenters. The van der Waals surface area contributed by atoms with Crippen LogP contribution in [0.4, 0.5) is 13.2 Å². The van der Waals surface area contributed by atoms with Crippen molar-refractivity contribution in [3.05, 3.63) is 0 Å². The molecule has 0 bridgehead atoms. The van der Waals surface area contributed by atoms with E-state index in [4.69, 9.17) is 5.73 Å². The quantitative estimate of drug-likeness (QED) is 0.637. The van der Waals surface area contributed by atoms with Crippen LogP contribution in [0.2, 0.25) is 0 Å². The minimum atomic E-state index is -4.15. The fraction of sp³-hybridized carbons (Fsp3) is 0.857. The highest BCUT2D eigenvalue weighted by molar-refractivity contribution is 5.76.